The number of halogens is 1. The lowest BCUT2D eigenvalue weighted by molar-refractivity contribution is -0.115. The number of carbonyl (C=O) groups is 1. The summed E-state index contributed by atoms with van der Waals surface area (Å²) in [5, 5.41) is 15.2. The minimum atomic E-state index is -0.277. The summed E-state index contributed by atoms with van der Waals surface area (Å²) in [6.07, 6.45) is 0. The summed E-state index contributed by atoms with van der Waals surface area (Å²) < 4.78 is 0.765. The number of anilines is 2. The number of carbonyl (C=O) groups excluding carboxylic acids is 1. The van der Waals surface area contributed by atoms with Gasteiger partial charge in [0.15, 0.2) is 4.34 Å². The molecule has 8 heteroatoms. The van der Waals surface area contributed by atoms with Crippen molar-refractivity contribution in [1.29, 1.82) is 0 Å². The molecule has 1 aromatic carbocycles. The third kappa shape index (κ3) is 4.59. The van der Waals surface area contributed by atoms with Crippen LogP contribution >= 0.6 is 34.7 Å². The predicted molar refractivity (Wildman–Crippen MR) is 94.2 cm³/mol. The fourth-order valence-electron chi connectivity index (χ4n) is 1.65. The van der Waals surface area contributed by atoms with Crippen LogP contribution in [0.2, 0.25) is 5.02 Å². The zero-order valence-corrected chi connectivity index (χ0v) is 14.9. The van der Waals surface area contributed by atoms with Crippen molar-refractivity contribution in [3.63, 3.8) is 0 Å². The molecule has 0 aliphatic carbocycles. The molecule has 0 saturated heterocycles. The van der Waals surface area contributed by atoms with Gasteiger partial charge in [0.1, 0.15) is 0 Å². The van der Waals surface area contributed by atoms with E-state index in [1.165, 1.54) is 23.1 Å². The first kappa shape index (κ1) is 17.1. The molecule has 0 saturated carbocycles. The first-order valence-corrected chi connectivity index (χ1v) is 8.88. The average molecular weight is 357 g/mol. The Bertz CT molecular complexity index is 662. The van der Waals surface area contributed by atoms with Gasteiger partial charge in [0.05, 0.1) is 5.25 Å². The lowest BCUT2D eigenvalue weighted by atomic mass is 10.2. The fraction of sp³-hybridized carbons (Fsp3) is 0.357. The number of aryl methyl sites for hydroxylation is 1. The van der Waals surface area contributed by atoms with Crippen LogP contribution in [0.3, 0.4) is 0 Å². The number of nitrogens with one attached hydrogen (secondary N) is 2. The van der Waals surface area contributed by atoms with E-state index in [2.05, 4.69) is 20.8 Å². The maximum Gasteiger partial charge on any atom is 0.237 e. The number of hydrogen-bond acceptors (Lipinski definition) is 6. The average Bonchev–Trinajstić information content (AvgIpc) is 2.90. The second kappa shape index (κ2) is 7.80. The number of thioether (sulfide) groups is 1. The lowest BCUT2D eigenvalue weighted by Gasteiger charge is -2.12. The fourth-order valence-corrected chi connectivity index (χ4v) is 3.78. The monoisotopic (exact) mass is 356 g/mol. The molecule has 0 bridgehead atoms. The molecule has 0 spiro atoms. The maximum atomic E-state index is 12.3. The van der Waals surface area contributed by atoms with E-state index in [0.29, 0.717) is 5.02 Å². The van der Waals surface area contributed by atoms with E-state index in [0.717, 1.165) is 27.3 Å². The van der Waals surface area contributed by atoms with Crippen LogP contribution in [0, 0.1) is 6.92 Å². The Morgan fingerprint density at radius 1 is 1.45 bits per heavy atom. The molecule has 2 rings (SSSR count). The van der Waals surface area contributed by atoms with Crippen LogP contribution < -0.4 is 10.6 Å². The van der Waals surface area contributed by atoms with Crippen LogP contribution in [-0.2, 0) is 4.79 Å². The van der Waals surface area contributed by atoms with Gasteiger partial charge in [-0.3, -0.25) is 4.79 Å². The van der Waals surface area contributed by atoms with E-state index in [-0.39, 0.29) is 11.2 Å². The van der Waals surface area contributed by atoms with Crippen LogP contribution in [0.4, 0.5) is 10.8 Å². The summed E-state index contributed by atoms with van der Waals surface area (Å²) in [6, 6.07) is 5.43. The molecule has 0 fully saturated rings. The van der Waals surface area contributed by atoms with Crippen molar-refractivity contribution in [3.8, 4) is 0 Å². The summed E-state index contributed by atoms with van der Waals surface area (Å²) in [7, 11) is 0. The third-order valence-electron chi connectivity index (χ3n) is 2.84. The van der Waals surface area contributed by atoms with Crippen molar-refractivity contribution >= 4 is 51.4 Å². The van der Waals surface area contributed by atoms with Crippen molar-refractivity contribution in [2.45, 2.75) is 30.4 Å². The highest BCUT2D eigenvalue weighted by Crippen LogP contribution is 2.29. The number of amides is 1. The highest BCUT2D eigenvalue weighted by atomic mass is 35.5. The highest BCUT2D eigenvalue weighted by molar-refractivity contribution is 8.02. The van der Waals surface area contributed by atoms with Crippen LogP contribution in [0.25, 0.3) is 0 Å². The molecule has 118 valence electrons. The normalized spacial score (nSPS) is 12.0. The van der Waals surface area contributed by atoms with Gasteiger partial charge in [0.2, 0.25) is 11.0 Å². The van der Waals surface area contributed by atoms with Gasteiger partial charge in [0, 0.05) is 17.3 Å². The van der Waals surface area contributed by atoms with Gasteiger partial charge in [0.25, 0.3) is 0 Å². The molecule has 22 heavy (non-hydrogen) atoms. The predicted octanol–water partition coefficient (Wildman–Crippen LogP) is 4.05. The molecule has 0 aliphatic heterocycles. The molecular formula is C14H17ClN4OS2. The molecule has 2 aromatic rings. The van der Waals surface area contributed by atoms with E-state index < -0.39 is 0 Å². The molecular weight excluding hydrogens is 340 g/mol. The van der Waals surface area contributed by atoms with Crippen molar-refractivity contribution < 1.29 is 4.79 Å². The summed E-state index contributed by atoms with van der Waals surface area (Å²) in [5.74, 6) is -0.0874. The van der Waals surface area contributed by atoms with E-state index in [1.807, 2.05) is 26.8 Å². The molecule has 0 radical (unpaired) electrons. The Hall–Kier alpha value is -1.31. The summed E-state index contributed by atoms with van der Waals surface area (Å²) in [6.45, 7) is 6.56. The standard InChI is InChI=1S/C14H17ClN4OS2/c1-4-16-13-18-19-14(22-13)21-9(3)12(20)17-11-7-10(15)6-5-8(11)2/h5-7,9H,4H2,1-3H3,(H,16,18)(H,17,20)/t9-/m0/s1. The van der Waals surface area contributed by atoms with Crippen molar-refractivity contribution in [2.24, 2.45) is 0 Å². The van der Waals surface area contributed by atoms with Gasteiger partial charge in [-0.1, -0.05) is 40.8 Å². The van der Waals surface area contributed by atoms with Gasteiger partial charge in [-0.05, 0) is 38.5 Å². The van der Waals surface area contributed by atoms with Crippen LogP contribution in [0.1, 0.15) is 19.4 Å². The summed E-state index contributed by atoms with van der Waals surface area (Å²) in [4.78, 5) is 12.3. The first-order valence-electron chi connectivity index (χ1n) is 6.80. The quantitative estimate of drug-likeness (QED) is 0.764. The SMILES string of the molecule is CCNc1nnc(S[C@@H](C)C(=O)Nc2cc(Cl)ccc2C)s1. The molecule has 5 nitrogen and oxygen atoms in total. The van der Waals surface area contributed by atoms with Crippen LogP contribution in [0.5, 0.6) is 0 Å². The molecule has 1 aromatic heterocycles. The molecule has 1 atom stereocenters. The van der Waals surface area contributed by atoms with Gasteiger partial charge < -0.3 is 10.6 Å². The Morgan fingerprint density at radius 3 is 2.95 bits per heavy atom. The maximum absolute atomic E-state index is 12.3. The summed E-state index contributed by atoms with van der Waals surface area (Å²) >= 11 is 8.79. The van der Waals surface area contributed by atoms with Gasteiger partial charge in [-0.2, -0.15) is 0 Å². The zero-order valence-electron chi connectivity index (χ0n) is 12.5. The minimum Gasteiger partial charge on any atom is -0.360 e. The number of nitrogens with zero attached hydrogens (tertiary/aromatic N) is 2. The zero-order chi connectivity index (χ0) is 16.1. The molecule has 1 heterocycles. The van der Waals surface area contributed by atoms with E-state index in [4.69, 9.17) is 11.6 Å². The smallest absolute Gasteiger partial charge is 0.237 e. The highest BCUT2D eigenvalue weighted by Gasteiger charge is 2.18. The Morgan fingerprint density at radius 2 is 2.23 bits per heavy atom. The Labute approximate surface area is 142 Å². The first-order chi connectivity index (χ1) is 10.5. The van der Waals surface area contributed by atoms with Gasteiger partial charge in [-0.25, -0.2) is 0 Å². The van der Waals surface area contributed by atoms with Crippen molar-refractivity contribution in [3.05, 3.63) is 28.8 Å². The number of hydrogen-bond donors (Lipinski definition) is 2. The molecule has 2 N–H and O–H groups in total. The number of rotatable bonds is 6. The van der Waals surface area contributed by atoms with Gasteiger partial charge in [-0.15, -0.1) is 10.2 Å². The minimum absolute atomic E-state index is 0.0874. The van der Waals surface area contributed by atoms with Crippen LogP contribution in [-0.4, -0.2) is 27.9 Å². The molecule has 1 amide bonds. The van der Waals surface area contributed by atoms with E-state index in [1.54, 1.807) is 12.1 Å². The Balaban J connectivity index is 1.98. The summed E-state index contributed by atoms with van der Waals surface area (Å²) in [5.41, 5.74) is 1.70. The van der Waals surface area contributed by atoms with Crippen molar-refractivity contribution in [2.75, 3.05) is 17.2 Å². The Kier molecular flexibility index (Phi) is 6.05. The second-order valence-corrected chi connectivity index (χ2v) is 7.61. The molecule has 0 aliphatic rings. The third-order valence-corrected chi connectivity index (χ3v) is 5.14. The number of benzene rings is 1. The lowest BCUT2D eigenvalue weighted by Crippen LogP contribution is -2.22. The van der Waals surface area contributed by atoms with Crippen molar-refractivity contribution in [1.82, 2.24) is 10.2 Å². The largest absolute Gasteiger partial charge is 0.360 e. The molecule has 0 unspecified atom stereocenters. The topological polar surface area (TPSA) is 66.9 Å². The second-order valence-electron chi connectivity index (χ2n) is 4.61. The van der Waals surface area contributed by atoms with Gasteiger partial charge >= 0.3 is 0 Å². The van der Waals surface area contributed by atoms with Crippen LogP contribution in [0.15, 0.2) is 22.5 Å². The van der Waals surface area contributed by atoms with E-state index >= 15 is 0 Å². The number of aromatic nitrogens is 2. The van der Waals surface area contributed by atoms with E-state index in [9.17, 15) is 4.79 Å².